The monoisotopic (exact) mass is 303 g/mol. The number of hydrogen-bond acceptors (Lipinski definition) is 2. The van der Waals surface area contributed by atoms with E-state index in [2.05, 4.69) is 19.2 Å². The van der Waals surface area contributed by atoms with Crippen LogP contribution in [0.1, 0.15) is 38.3 Å². The SMILES string of the molecule is CCNC(c1cc(Cl)ccc1Cl)C1(C)CCCS1. The summed E-state index contributed by atoms with van der Waals surface area (Å²) in [5, 5.41) is 5.14. The first-order valence-corrected chi connectivity index (χ1v) is 8.13. The number of nitrogens with one attached hydrogen (secondary N) is 1. The van der Waals surface area contributed by atoms with E-state index in [0.717, 1.165) is 22.2 Å². The van der Waals surface area contributed by atoms with E-state index in [4.69, 9.17) is 23.2 Å². The molecule has 1 fully saturated rings. The molecule has 1 aromatic rings. The molecule has 2 atom stereocenters. The molecule has 1 heterocycles. The maximum Gasteiger partial charge on any atom is 0.0481 e. The van der Waals surface area contributed by atoms with Crippen molar-refractivity contribution in [2.24, 2.45) is 0 Å². The van der Waals surface area contributed by atoms with Crippen LogP contribution in [0.3, 0.4) is 0 Å². The molecule has 100 valence electrons. The summed E-state index contributed by atoms with van der Waals surface area (Å²) >= 11 is 14.5. The zero-order chi connectivity index (χ0) is 13.2. The molecule has 1 aliphatic rings. The lowest BCUT2D eigenvalue weighted by Gasteiger charge is -2.35. The Labute approximate surface area is 124 Å². The molecule has 1 saturated heterocycles. The van der Waals surface area contributed by atoms with Gasteiger partial charge in [-0.15, -0.1) is 0 Å². The molecular weight excluding hydrogens is 285 g/mol. The van der Waals surface area contributed by atoms with E-state index in [1.807, 2.05) is 30.0 Å². The minimum Gasteiger partial charge on any atom is -0.309 e. The van der Waals surface area contributed by atoms with E-state index in [1.54, 1.807) is 0 Å². The molecule has 0 bridgehead atoms. The number of benzene rings is 1. The molecule has 0 radical (unpaired) electrons. The average molecular weight is 304 g/mol. The van der Waals surface area contributed by atoms with Gasteiger partial charge in [-0.2, -0.15) is 11.8 Å². The van der Waals surface area contributed by atoms with E-state index < -0.39 is 0 Å². The predicted molar refractivity (Wildman–Crippen MR) is 83.0 cm³/mol. The van der Waals surface area contributed by atoms with Crippen LogP contribution in [0, 0.1) is 0 Å². The van der Waals surface area contributed by atoms with Crippen molar-refractivity contribution in [1.29, 1.82) is 0 Å². The quantitative estimate of drug-likeness (QED) is 0.846. The van der Waals surface area contributed by atoms with Crippen LogP contribution in [0.4, 0.5) is 0 Å². The van der Waals surface area contributed by atoms with Gasteiger partial charge in [-0.25, -0.2) is 0 Å². The normalized spacial score (nSPS) is 25.3. The summed E-state index contributed by atoms with van der Waals surface area (Å²) in [6, 6.07) is 6.01. The number of halogens is 2. The van der Waals surface area contributed by atoms with Crippen molar-refractivity contribution >= 4 is 35.0 Å². The number of rotatable bonds is 4. The zero-order valence-corrected chi connectivity index (χ0v) is 13.1. The Morgan fingerprint density at radius 3 is 2.83 bits per heavy atom. The standard InChI is InChI=1S/C14H19Cl2NS/c1-3-17-13(14(2)7-4-8-18-14)11-9-10(15)5-6-12(11)16/h5-6,9,13,17H,3-4,7-8H2,1-2H3. The van der Waals surface area contributed by atoms with E-state index >= 15 is 0 Å². The van der Waals surface area contributed by atoms with Gasteiger partial charge in [0.25, 0.3) is 0 Å². The van der Waals surface area contributed by atoms with Crippen molar-refractivity contribution < 1.29 is 0 Å². The lowest BCUT2D eigenvalue weighted by molar-refractivity contribution is 0.421. The summed E-state index contributed by atoms with van der Waals surface area (Å²) in [7, 11) is 0. The van der Waals surface area contributed by atoms with E-state index in [0.29, 0.717) is 0 Å². The highest BCUT2D eigenvalue weighted by Gasteiger charge is 2.39. The molecule has 0 amide bonds. The molecule has 1 nitrogen and oxygen atoms in total. The van der Waals surface area contributed by atoms with Crippen LogP contribution >= 0.6 is 35.0 Å². The molecule has 0 aliphatic carbocycles. The molecule has 0 aromatic heterocycles. The van der Waals surface area contributed by atoms with Gasteiger partial charge in [-0.1, -0.05) is 30.1 Å². The molecule has 2 unspecified atom stereocenters. The highest BCUT2D eigenvalue weighted by atomic mass is 35.5. The Morgan fingerprint density at radius 2 is 2.22 bits per heavy atom. The van der Waals surface area contributed by atoms with Crippen molar-refractivity contribution in [2.75, 3.05) is 12.3 Å². The topological polar surface area (TPSA) is 12.0 Å². The average Bonchev–Trinajstić information content (AvgIpc) is 2.77. The Morgan fingerprint density at radius 1 is 1.44 bits per heavy atom. The molecule has 1 N–H and O–H groups in total. The van der Waals surface area contributed by atoms with Crippen molar-refractivity contribution in [1.82, 2.24) is 5.32 Å². The van der Waals surface area contributed by atoms with Gasteiger partial charge in [-0.3, -0.25) is 0 Å². The van der Waals surface area contributed by atoms with E-state index in [-0.39, 0.29) is 10.8 Å². The molecule has 1 aliphatic heterocycles. The maximum absolute atomic E-state index is 6.36. The lowest BCUT2D eigenvalue weighted by atomic mass is 9.90. The van der Waals surface area contributed by atoms with Gasteiger partial charge < -0.3 is 5.32 Å². The third kappa shape index (κ3) is 2.98. The fourth-order valence-corrected chi connectivity index (χ4v) is 4.45. The van der Waals surface area contributed by atoms with Gasteiger partial charge in [-0.05, 0) is 55.8 Å². The smallest absolute Gasteiger partial charge is 0.0481 e. The summed E-state index contributed by atoms with van der Waals surface area (Å²) in [4.78, 5) is 0. The predicted octanol–water partition coefficient (Wildman–Crippen LogP) is 4.93. The van der Waals surface area contributed by atoms with Crippen LogP contribution in [0.15, 0.2) is 18.2 Å². The maximum atomic E-state index is 6.36. The Kier molecular flexibility index (Phi) is 4.87. The Bertz CT molecular complexity index is 416. The number of hydrogen-bond donors (Lipinski definition) is 1. The van der Waals surface area contributed by atoms with Crippen LogP contribution in [0.25, 0.3) is 0 Å². The minimum absolute atomic E-state index is 0.213. The van der Waals surface area contributed by atoms with Crippen molar-refractivity contribution in [3.63, 3.8) is 0 Å². The molecular formula is C14H19Cl2NS. The molecule has 0 saturated carbocycles. The van der Waals surface area contributed by atoms with Crippen LogP contribution in [0.5, 0.6) is 0 Å². The second-order valence-electron chi connectivity index (χ2n) is 4.92. The fourth-order valence-electron chi connectivity index (χ4n) is 2.62. The summed E-state index contributed by atoms with van der Waals surface area (Å²) in [6.45, 7) is 5.40. The Hall–Kier alpha value is 0.110. The molecule has 2 rings (SSSR count). The molecule has 0 spiro atoms. The van der Waals surface area contributed by atoms with Crippen LogP contribution < -0.4 is 5.32 Å². The third-order valence-electron chi connectivity index (χ3n) is 3.54. The largest absolute Gasteiger partial charge is 0.309 e. The number of thioether (sulfide) groups is 1. The van der Waals surface area contributed by atoms with Crippen LogP contribution in [-0.4, -0.2) is 17.0 Å². The van der Waals surface area contributed by atoms with Crippen LogP contribution in [-0.2, 0) is 0 Å². The Balaban J connectivity index is 2.37. The van der Waals surface area contributed by atoms with Crippen molar-refractivity contribution in [2.45, 2.75) is 37.5 Å². The van der Waals surface area contributed by atoms with Gasteiger partial charge in [0, 0.05) is 20.8 Å². The summed E-state index contributed by atoms with van der Waals surface area (Å²) in [5.41, 5.74) is 1.13. The first-order valence-electron chi connectivity index (χ1n) is 6.39. The third-order valence-corrected chi connectivity index (χ3v) is 5.71. The van der Waals surface area contributed by atoms with E-state index in [1.165, 1.54) is 18.6 Å². The summed E-state index contributed by atoms with van der Waals surface area (Å²) in [5.74, 6) is 1.23. The first-order chi connectivity index (χ1) is 8.57. The van der Waals surface area contributed by atoms with Gasteiger partial charge >= 0.3 is 0 Å². The first kappa shape index (κ1) is 14.5. The summed E-state index contributed by atoms with van der Waals surface area (Å²) < 4.78 is 0.213. The highest BCUT2D eigenvalue weighted by Crippen LogP contribution is 2.48. The molecule has 1 aromatic carbocycles. The second-order valence-corrected chi connectivity index (χ2v) is 7.39. The van der Waals surface area contributed by atoms with Gasteiger partial charge in [0.1, 0.15) is 0 Å². The van der Waals surface area contributed by atoms with Crippen LogP contribution in [0.2, 0.25) is 10.0 Å². The van der Waals surface area contributed by atoms with Crippen molar-refractivity contribution in [3.8, 4) is 0 Å². The van der Waals surface area contributed by atoms with Gasteiger partial charge in [0.2, 0.25) is 0 Å². The van der Waals surface area contributed by atoms with Gasteiger partial charge in [0.15, 0.2) is 0 Å². The van der Waals surface area contributed by atoms with E-state index in [9.17, 15) is 0 Å². The van der Waals surface area contributed by atoms with Gasteiger partial charge in [0.05, 0.1) is 0 Å². The minimum atomic E-state index is 0.213. The molecule has 18 heavy (non-hydrogen) atoms. The second kappa shape index (κ2) is 6.04. The molecule has 4 heteroatoms. The zero-order valence-electron chi connectivity index (χ0n) is 10.8. The van der Waals surface area contributed by atoms with Crippen molar-refractivity contribution in [3.05, 3.63) is 33.8 Å². The fraction of sp³-hybridized carbons (Fsp3) is 0.571. The summed E-state index contributed by atoms with van der Waals surface area (Å²) in [6.07, 6.45) is 2.50. The highest BCUT2D eigenvalue weighted by molar-refractivity contribution is 8.00. The lowest BCUT2D eigenvalue weighted by Crippen LogP contribution is -2.37.